The molecule has 26 heavy (non-hydrogen) atoms. The van der Waals surface area contributed by atoms with Crippen molar-refractivity contribution in [3.05, 3.63) is 66.7 Å². The number of rotatable bonds is 10. The van der Waals surface area contributed by atoms with Crippen molar-refractivity contribution in [2.75, 3.05) is 17.2 Å². The molecule has 0 spiro atoms. The van der Waals surface area contributed by atoms with Crippen LogP contribution >= 0.6 is 0 Å². The van der Waals surface area contributed by atoms with Crippen LogP contribution in [0.1, 0.15) is 45.4 Å². The van der Waals surface area contributed by atoms with Crippen molar-refractivity contribution >= 4 is 27.8 Å². The predicted molar refractivity (Wildman–Crippen MR) is 116 cm³/mol. The van der Waals surface area contributed by atoms with Gasteiger partial charge in [0.1, 0.15) is 0 Å². The van der Waals surface area contributed by atoms with Gasteiger partial charge in [-0.25, -0.2) is 0 Å². The molecular weight excluding hydrogens is 316 g/mol. The number of benzene rings is 3. The zero-order valence-electron chi connectivity index (χ0n) is 15.8. The van der Waals surface area contributed by atoms with Crippen molar-refractivity contribution in [2.45, 2.75) is 45.4 Å². The highest BCUT2D eigenvalue weighted by Gasteiger charge is 2.01. The van der Waals surface area contributed by atoms with E-state index >= 15 is 0 Å². The lowest BCUT2D eigenvalue weighted by atomic mass is 10.1. The van der Waals surface area contributed by atoms with Gasteiger partial charge in [-0.1, -0.05) is 75.4 Å². The van der Waals surface area contributed by atoms with Gasteiger partial charge in [0, 0.05) is 29.0 Å². The molecule has 0 atom stereocenters. The van der Waals surface area contributed by atoms with E-state index in [1.807, 2.05) is 0 Å². The van der Waals surface area contributed by atoms with Gasteiger partial charge in [0.15, 0.2) is 0 Å². The van der Waals surface area contributed by atoms with Crippen molar-refractivity contribution in [1.29, 1.82) is 0 Å². The first-order chi connectivity index (χ1) is 12.9. The maximum absolute atomic E-state index is 3.54. The summed E-state index contributed by atoms with van der Waals surface area (Å²) in [5.74, 6) is 0. The Labute approximate surface area is 157 Å². The first kappa shape index (κ1) is 18.3. The van der Waals surface area contributed by atoms with E-state index in [9.17, 15) is 0 Å². The largest absolute Gasteiger partial charge is 0.385 e. The van der Waals surface area contributed by atoms with Crippen molar-refractivity contribution < 1.29 is 0 Å². The molecule has 0 heterocycles. The third kappa shape index (κ3) is 5.26. The average Bonchev–Trinajstić information content (AvgIpc) is 2.69. The Balaban J connectivity index is 1.50. The quantitative estimate of drug-likeness (QED) is 0.375. The van der Waals surface area contributed by atoms with Gasteiger partial charge in [-0.3, -0.25) is 0 Å². The fourth-order valence-electron chi connectivity index (χ4n) is 3.30. The number of fused-ring (bicyclic) bond motifs is 1. The second-order valence-electron chi connectivity index (χ2n) is 6.92. The zero-order valence-corrected chi connectivity index (χ0v) is 15.8. The van der Waals surface area contributed by atoms with Crippen LogP contribution in [0.3, 0.4) is 0 Å². The van der Waals surface area contributed by atoms with Crippen LogP contribution in [0, 0.1) is 0 Å². The molecule has 0 saturated carbocycles. The minimum absolute atomic E-state index is 1.06. The van der Waals surface area contributed by atoms with Crippen molar-refractivity contribution in [2.24, 2.45) is 0 Å². The molecule has 0 aromatic heterocycles. The van der Waals surface area contributed by atoms with E-state index in [1.54, 1.807) is 0 Å². The molecule has 0 fully saturated rings. The summed E-state index contributed by atoms with van der Waals surface area (Å²) in [6.45, 7) is 3.32. The smallest absolute Gasteiger partial charge is 0.0463 e. The summed E-state index contributed by atoms with van der Waals surface area (Å²) >= 11 is 0. The molecular formula is C24H30N2. The van der Waals surface area contributed by atoms with Crippen molar-refractivity contribution in [3.8, 4) is 0 Å². The molecule has 0 radical (unpaired) electrons. The summed E-state index contributed by atoms with van der Waals surface area (Å²) < 4.78 is 0. The van der Waals surface area contributed by atoms with Gasteiger partial charge in [0.05, 0.1) is 0 Å². The third-order valence-electron chi connectivity index (χ3n) is 4.81. The summed E-state index contributed by atoms with van der Waals surface area (Å²) in [6, 6.07) is 23.5. The zero-order chi connectivity index (χ0) is 18.0. The summed E-state index contributed by atoms with van der Waals surface area (Å²) in [7, 11) is 0. The molecule has 3 aromatic rings. The van der Waals surface area contributed by atoms with E-state index < -0.39 is 0 Å². The highest BCUT2D eigenvalue weighted by atomic mass is 14.9. The van der Waals surface area contributed by atoms with Crippen LogP contribution in [0.25, 0.3) is 10.8 Å². The summed E-state index contributed by atoms with van der Waals surface area (Å²) in [6.07, 6.45) is 8.01. The Bertz CT molecular complexity index is 787. The maximum atomic E-state index is 3.54. The van der Waals surface area contributed by atoms with Crippen LogP contribution in [0.2, 0.25) is 0 Å². The van der Waals surface area contributed by atoms with Crippen molar-refractivity contribution in [1.82, 2.24) is 0 Å². The molecule has 136 valence electrons. The molecule has 2 heteroatoms. The molecule has 0 aliphatic heterocycles. The number of hydrogen-bond acceptors (Lipinski definition) is 2. The first-order valence-electron chi connectivity index (χ1n) is 9.95. The summed E-state index contributed by atoms with van der Waals surface area (Å²) in [4.78, 5) is 0. The van der Waals surface area contributed by atoms with Crippen LogP contribution < -0.4 is 10.6 Å². The van der Waals surface area contributed by atoms with Crippen LogP contribution in [0.4, 0.5) is 17.1 Å². The first-order valence-corrected chi connectivity index (χ1v) is 9.95. The monoisotopic (exact) mass is 346 g/mol. The van der Waals surface area contributed by atoms with Gasteiger partial charge in [0.2, 0.25) is 0 Å². The number of anilines is 3. The van der Waals surface area contributed by atoms with Gasteiger partial charge in [-0.15, -0.1) is 0 Å². The van der Waals surface area contributed by atoms with E-state index in [2.05, 4.69) is 84.3 Å². The van der Waals surface area contributed by atoms with Gasteiger partial charge in [-0.05, 0) is 42.1 Å². The fourth-order valence-corrected chi connectivity index (χ4v) is 3.30. The van der Waals surface area contributed by atoms with E-state index in [-0.39, 0.29) is 0 Å². The summed E-state index contributed by atoms with van der Waals surface area (Å²) in [5.41, 5.74) is 3.46. The summed E-state index contributed by atoms with van der Waals surface area (Å²) in [5, 5.41) is 9.58. The molecule has 3 rings (SSSR count). The van der Waals surface area contributed by atoms with Gasteiger partial charge >= 0.3 is 0 Å². The lowest BCUT2D eigenvalue weighted by Crippen LogP contribution is -2.01. The maximum Gasteiger partial charge on any atom is 0.0463 e. The molecule has 0 aliphatic rings. The lowest BCUT2D eigenvalue weighted by molar-refractivity contribution is 0.617. The number of unbranched alkanes of at least 4 members (excludes halogenated alkanes) is 5. The number of hydrogen-bond donors (Lipinski definition) is 2. The van der Waals surface area contributed by atoms with E-state index in [4.69, 9.17) is 0 Å². The molecule has 2 N–H and O–H groups in total. The third-order valence-corrected chi connectivity index (χ3v) is 4.81. The molecule has 3 aromatic carbocycles. The molecule has 0 amide bonds. The Morgan fingerprint density at radius 2 is 1.35 bits per heavy atom. The van der Waals surface area contributed by atoms with E-state index in [1.165, 1.54) is 55.0 Å². The SMILES string of the molecule is CCCCCCCCNc1ccc(Nc2cccc3ccccc23)cc1. The molecule has 2 nitrogen and oxygen atoms in total. The Hall–Kier alpha value is -2.48. The lowest BCUT2D eigenvalue weighted by Gasteiger charge is -2.11. The second kappa shape index (κ2) is 9.86. The van der Waals surface area contributed by atoms with Gasteiger partial charge < -0.3 is 10.6 Å². The normalized spacial score (nSPS) is 10.8. The Kier molecular flexibility index (Phi) is 6.95. The highest BCUT2D eigenvalue weighted by molar-refractivity contribution is 5.95. The number of nitrogens with one attached hydrogen (secondary N) is 2. The van der Waals surface area contributed by atoms with Crippen LogP contribution in [0.5, 0.6) is 0 Å². The van der Waals surface area contributed by atoms with Crippen LogP contribution in [-0.2, 0) is 0 Å². The highest BCUT2D eigenvalue weighted by Crippen LogP contribution is 2.26. The molecule has 0 saturated heterocycles. The average molecular weight is 347 g/mol. The molecule has 0 unspecified atom stereocenters. The van der Waals surface area contributed by atoms with E-state index in [0.717, 1.165) is 17.9 Å². The standard InChI is InChI=1S/C24H30N2/c1-2-3-4-5-6-9-19-25-21-15-17-22(18-16-21)26-24-14-10-12-20-11-7-8-13-23(20)24/h7-8,10-18,25-26H,2-6,9,19H2,1H3. The molecule has 0 aliphatic carbocycles. The van der Waals surface area contributed by atoms with Gasteiger partial charge in [-0.2, -0.15) is 0 Å². The topological polar surface area (TPSA) is 24.1 Å². The van der Waals surface area contributed by atoms with Crippen LogP contribution in [-0.4, -0.2) is 6.54 Å². The van der Waals surface area contributed by atoms with Crippen molar-refractivity contribution in [3.63, 3.8) is 0 Å². The van der Waals surface area contributed by atoms with E-state index in [0.29, 0.717) is 0 Å². The predicted octanol–water partition coefficient (Wildman–Crippen LogP) is 7.36. The van der Waals surface area contributed by atoms with Crippen LogP contribution in [0.15, 0.2) is 66.7 Å². The Morgan fingerprint density at radius 3 is 2.19 bits per heavy atom. The van der Waals surface area contributed by atoms with Gasteiger partial charge in [0.25, 0.3) is 0 Å². The second-order valence-corrected chi connectivity index (χ2v) is 6.92. The Morgan fingerprint density at radius 1 is 0.654 bits per heavy atom. The fraction of sp³-hybridized carbons (Fsp3) is 0.333. The minimum Gasteiger partial charge on any atom is -0.385 e. The minimum atomic E-state index is 1.06. The molecule has 0 bridgehead atoms.